The van der Waals surface area contributed by atoms with E-state index in [-0.39, 0.29) is 4.90 Å². The summed E-state index contributed by atoms with van der Waals surface area (Å²) >= 11 is 5.00. The third-order valence-electron chi connectivity index (χ3n) is 1.93. The molecular formula is C10H7Br2F3O3S. The molecule has 0 unspecified atom stereocenters. The molecular weight excluding hydrogens is 417 g/mol. The fraction of sp³-hybridized carbons (Fsp3) is 0.200. The van der Waals surface area contributed by atoms with Crippen molar-refractivity contribution in [2.45, 2.75) is 18.0 Å². The van der Waals surface area contributed by atoms with E-state index >= 15 is 0 Å². The molecule has 0 heterocycles. The summed E-state index contributed by atoms with van der Waals surface area (Å²) in [5, 5.41) is 0. The van der Waals surface area contributed by atoms with Crippen LogP contribution in [0.1, 0.15) is 5.56 Å². The average molecular weight is 424 g/mol. The maximum atomic E-state index is 12.6. The number of hydrogen-bond acceptors (Lipinski definition) is 3. The van der Waals surface area contributed by atoms with Crippen LogP contribution in [0, 0.1) is 6.92 Å². The van der Waals surface area contributed by atoms with Gasteiger partial charge in [0.2, 0.25) is 5.76 Å². The lowest BCUT2D eigenvalue weighted by atomic mass is 10.2. The minimum absolute atomic E-state index is 0.360. The topological polar surface area (TPSA) is 43.4 Å². The molecule has 0 aliphatic rings. The van der Waals surface area contributed by atoms with Gasteiger partial charge in [-0.15, -0.1) is 0 Å². The highest BCUT2D eigenvalue weighted by Gasteiger charge is 2.41. The van der Waals surface area contributed by atoms with Crippen LogP contribution in [0.5, 0.6) is 0 Å². The van der Waals surface area contributed by atoms with Crippen molar-refractivity contribution in [3.63, 3.8) is 0 Å². The predicted octanol–water partition coefficient (Wildman–Crippen LogP) is 4.22. The Morgan fingerprint density at radius 1 is 1.16 bits per heavy atom. The molecule has 0 aliphatic carbocycles. The van der Waals surface area contributed by atoms with Crippen LogP contribution in [0.3, 0.4) is 0 Å². The average Bonchev–Trinajstić information content (AvgIpc) is 2.24. The number of rotatable bonds is 3. The molecule has 0 saturated carbocycles. The maximum Gasteiger partial charge on any atom is 0.452 e. The second-order valence-corrected chi connectivity index (χ2v) is 7.63. The molecule has 0 amide bonds. The third kappa shape index (κ3) is 4.50. The van der Waals surface area contributed by atoms with E-state index in [1.54, 1.807) is 6.92 Å². The second-order valence-electron chi connectivity index (χ2n) is 3.44. The zero-order valence-corrected chi connectivity index (χ0v) is 13.3. The van der Waals surface area contributed by atoms with Gasteiger partial charge in [-0.1, -0.05) is 17.7 Å². The molecule has 106 valence electrons. The van der Waals surface area contributed by atoms with Crippen molar-refractivity contribution in [3.05, 3.63) is 39.0 Å². The summed E-state index contributed by atoms with van der Waals surface area (Å²) in [5.41, 5.74) is 0.771. The molecule has 0 N–H and O–H groups in total. The van der Waals surface area contributed by atoms with E-state index in [0.717, 1.165) is 5.56 Å². The van der Waals surface area contributed by atoms with Crippen molar-refractivity contribution in [1.82, 2.24) is 0 Å². The van der Waals surface area contributed by atoms with Crippen LogP contribution in [0.2, 0.25) is 0 Å². The number of allylic oxidation sites excluding steroid dienone is 1. The highest BCUT2D eigenvalue weighted by atomic mass is 79.9. The van der Waals surface area contributed by atoms with E-state index in [0.29, 0.717) is 0 Å². The largest absolute Gasteiger partial charge is 0.452 e. The van der Waals surface area contributed by atoms with Gasteiger partial charge in [-0.3, -0.25) is 0 Å². The van der Waals surface area contributed by atoms with Crippen molar-refractivity contribution in [2.24, 2.45) is 0 Å². The Labute approximate surface area is 124 Å². The molecule has 0 saturated heterocycles. The van der Waals surface area contributed by atoms with E-state index in [4.69, 9.17) is 0 Å². The van der Waals surface area contributed by atoms with Gasteiger partial charge in [0.1, 0.15) is 8.29 Å². The summed E-state index contributed by atoms with van der Waals surface area (Å²) in [5.74, 6) is -1.67. The number of aryl methyl sites for hydroxylation is 1. The summed E-state index contributed by atoms with van der Waals surface area (Å²) in [6, 6.07) is 5.24. The van der Waals surface area contributed by atoms with Gasteiger partial charge in [-0.2, -0.15) is 21.6 Å². The molecule has 3 nitrogen and oxygen atoms in total. The molecule has 0 spiro atoms. The normalized spacial score (nSPS) is 12.1. The van der Waals surface area contributed by atoms with Crippen molar-refractivity contribution < 1.29 is 25.8 Å². The maximum absolute atomic E-state index is 12.6. The Balaban J connectivity index is 3.16. The van der Waals surface area contributed by atoms with Crippen LogP contribution in [0.4, 0.5) is 13.2 Å². The first-order chi connectivity index (χ1) is 8.54. The highest BCUT2D eigenvalue weighted by Crippen LogP contribution is 2.36. The molecule has 0 aromatic heterocycles. The lowest BCUT2D eigenvalue weighted by Gasteiger charge is -2.13. The van der Waals surface area contributed by atoms with Crippen LogP contribution in [-0.2, 0) is 14.3 Å². The minimum Gasteiger partial charge on any atom is -0.372 e. The first-order valence-electron chi connectivity index (χ1n) is 4.67. The molecule has 0 bridgehead atoms. The number of halogens is 5. The van der Waals surface area contributed by atoms with Crippen molar-refractivity contribution in [2.75, 3.05) is 0 Å². The zero-order chi connectivity index (χ0) is 14.8. The molecule has 1 aromatic rings. The SMILES string of the molecule is Cc1ccc(S(=O)(=O)OC(=C(Br)Br)C(F)(F)F)cc1. The fourth-order valence-electron chi connectivity index (χ4n) is 1.05. The predicted molar refractivity (Wildman–Crippen MR) is 70.4 cm³/mol. The Morgan fingerprint density at radius 3 is 2.00 bits per heavy atom. The van der Waals surface area contributed by atoms with Crippen LogP contribution in [0.15, 0.2) is 38.3 Å². The fourth-order valence-corrected chi connectivity index (χ4v) is 2.84. The van der Waals surface area contributed by atoms with Gasteiger partial charge in [0.25, 0.3) is 0 Å². The first kappa shape index (κ1) is 16.5. The Morgan fingerprint density at radius 2 is 1.63 bits per heavy atom. The van der Waals surface area contributed by atoms with Crippen molar-refractivity contribution in [1.29, 1.82) is 0 Å². The summed E-state index contributed by atoms with van der Waals surface area (Å²) in [6.07, 6.45) is -4.94. The second kappa shape index (κ2) is 5.84. The molecule has 0 fully saturated rings. The van der Waals surface area contributed by atoms with Gasteiger partial charge in [0.05, 0.1) is 0 Å². The Bertz CT molecular complexity index is 587. The van der Waals surface area contributed by atoms with E-state index in [2.05, 4.69) is 36.0 Å². The minimum atomic E-state index is -4.94. The smallest absolute Gasteiger partial charge is 0.372 e. The van der Waals surface area contributed by atoms with E-state index in [1.165, 1.54) is 24.3 Å². The van der Waals surface area contributed by atoms with Gasteiger partial charge < -0.3 is 4.18 Å². The number of alkyl halides is 3. The summed E-state index contributed by atoms with van der Waals surface area (Å²) in [4.78, 5) is -0.360. The van der Waals surface area contributed by atoms with Crippen LogP contribution < -0.4 is 0 Å². The van der Waals surface area contributed by atoms with Gasteiger partial charge in [0, 0.05) is 0 Å². The zero-order valence-electron chi connectivity index (χ0n) is 9.33. The number of benzene rings is 1. The van der Waals surface area contributed by atoms with Crippen LogP contribution >= 0.6 is 31.9 Å². The van der Waals surface area contributed by atoms with Crippen LogP contribution in [-0.4, -0.2) is 14.6 Å². The molecule has 0 atom stereocenters. The molecule has 0 aliphatic heterocycles. The molecule has 9 heteroatoms. The van der Waals surface area contributed by atoms with E-state index < -0.39 is 25.4 Å². The monoisotopic (exact) mass is 422 g/mol. The van der Waals surface area contributed by atoms with E-state index in [9.17, 15) is 21.6 Å². The van der Waals surface area contributed by atoms with Crippen molar-refractivity contribution >= 4 is 42.0 Å². The third-order valence-corrected chi connectivity index (χ3v) is 3.89. The Hall–Kier alpha value is -0.540. The molecule has 0 radical (unpaired) electrons. The van der Waals surface area contributed by atoms with Crippen molar-refractivity contribution in [3.8, 4) is 0 Å². The van der Waals surface area contributed by atoms with E-state index in [1.807, 2.05) is 0 Å². The molecule has 19 heavy (non-hydrogen) atoms. The lowest BCUT2D eigenvalue weighted by Crippen LogP contribution is -2.19. The molecule has 1 rings (SSSR count). The Kier molecular flexibility index (Phi) is 5.08. The van der Waals surface area contributed by atoms with Crippen LogP contribution in [0.25, 0.3) is 0 Å². The quantitative estimate of drug-likeness (QED) is 0.540. The lowest BCUT2D eigenvalue weighted by molar-refractivity contribution is -0.115. The standard InChI is InChI=1S/C10H7Br2F3O3S/c1-6-2-4-7(5-3-6)19(16,17)18-8(9(11)12)10(13,14)15/h2-5H,1H3. The summed E-state index contributed by atoms with van der Waals surface area (Å²) in [6.45, 7) is 1.72. The van der Waals surface area contributed by atoms with Gasteiger partial charge >= 0.3 is 16.3 Å². The van der Waals surface area contributed by atoms with Gasteiger partial charge in [0.15, 0.2) is 0 Å². The summed E-state index contributed by atoms with van der Waals surface area (Å²) < 4.78 is 64.6. The summed E-state index contributed by atoms with van der Waals surface area (Å²) in [7, 11) is -4.54. The first-order valence-corrected chi connectivity index (χ1v) is 7.67. The van der Waals surface area contributed by atoms with Gasteiger partial charge in [-0.05, 0) is 50.9 Å². The van der Waals surface area contributed by atoms with Gasteiger partial charge in [-0.25, -0.2) is 0 Å². The molecule has 1 aromatic carbocycles. The number of hydrogen-bond donors (Lipinski definition) is 0. The highest BCUT2D eigenvalue weighted by molar-refractivity contribution is 9.28.